The molecule has 5 atom stereocenters. The molecule has 0 N–H and O–H groups in total. The molecule has 234 valence electrons. The zero-order chi connectivity index (χ0) is 32.5. The Morgan fingerprint density at radius 3 is 1.75 bits per heavy atom. The van der Waals surface area contributed by atoms with E-state index in [1.807, 2.05) is 6.20 Å². The second-order valence-electron chi connectivity index (χ2n) is 14.6. The fourth-order valence-electron chi connectivity index (χ4n) is 6.85. The van der Waals surface area contributed by atoms with Crippen molar-refractivity contribution in [1.82, 2.24) is 4.98 Å². The number of aromatic nitrogens is 1. The van der Waals surface area contributed by atoms with Crippen LogP contribution in [0.25, 0.3) is 33.5 Å². The van der Waals surface area contributed by atoms with Gasteiger partial charge in [0.2, 0.25) is 0 Å². The van der Waals surface area contributed by atoms with Crippen molar-refractivity contribution in [2.75, 3.05) is 0 Å². The maximum atomic E-state index is 14.1. The van der Waals surface area contributed by atoms with E-state index in [9.17, 15) is 4.39 Å². The number of pyridine rings is 1. The van der Waals surface area contributed by atoms with Crippen LogP contribution in [0.5, 0.6) is 0 Å². The van der Waals surface area contributed by atoms with Gasteiger partial charge in [0, 0.05) is 11.8 Å². The first-order valence-corrected chi connectivity index (χ1v) is 16.5. The highest BCUT2D eigenvalue weighted by atomic mass is 19.1. The Bertz CT molecular complexity index is 1560. The molecule has 0 bridgehead atoms. The van der Waals surface area contributed by atoms with Crippen LogP contribution in [0.3, 0.4) is 0 Å². The van der Waals surface area contributed by atoms with E-state index >= 15 is 0 Å². The van der Waals surface area contributed by atoms with Crippen LogP contribution in [0.1, 0.15) is 88.8 Å². The molecule has 0 saturated carbocycles. The molecule has 0 aliphatic carbocycles. The van der Waals surface area contributed by atoms with Gasteiger partial charge in [0.15, 0.2) is 0 Å². The molecular weight excluding hydrogens is 537 g/mol. The minimum atomic E-state index is -0.778. The quantitative estimate of drug-likeness (QED) is 0.189. The van der Waals surface area contributed by atoms with Crippen molar-refractivity contribution in [3.8, 4) is 33.5 Å². The van der Waals surface area contributed by atoms with Crippen molar-refractivity contribution in [2.24, 2.45) is 23.7 Å². The van der Waals surface area contributed by atoms with E-state index < -0.39 is 6.17 Å². The normalized spacial score (nSPS) is 15.5. The molecule has 4 aromatic rings. The third-order valence-corrected chi connectivity index (χ3v) is 10.9. The summed E-state index contributed by atoms with van der Waals surface area (Å²) in [5.74, 6) is 1.31. The summed E-state index contributed by atoms with van der Waals surface area (Å²) in [7, 11) is 0. The predicted molar refractivity (Wildman–Crippen MR) is 189 cm³/mol. The highest BCUT2D eigenvalue weighted by molar-refractivity contribution is 5.88. The number of nitrogens with zero attached hydrogens (tertiary/aromatic N) is 1. The topological polar surface area (TPSA) is 12.9 Å². The Morgan fingerprint density at radius 1 is 0.659 bits per heavy atom. The van der Waals surface area contributed by atoms with Crippen LogP contribution in [0.15, 0.2) is 66.9 Å². The molecule has 0 aliphatic rings. The second-order valence-corrected chi connectivity index (χ2v) is 14.6. The molecule has 0 spiro atoms. The van der Waals surface area contributed by atoms with Gasteiger partial charge in [-0.1, -0.05) is 97.0 Å². The minimum Gasteiger partial charge on any atom is -0.256 e. The Kier molecular flexibility index (Phi) is 10.2. The molecule has 1 heterocycles. The molecule has 0 saturated heterocycles. The van der Waals surface area contributed by atoms with Crippen LogP contribution in [-0.4, -0.2) is 11.2 Å². The summed E-state index contributed by atoms with van der Waals surface area (Å²) in [6, 6.07) is 22.0. The highest BCUT2D eigenvalue weighted by Gasteiger charge is 2.28. The summed E-state index contributed by atoms with van der Waals surface area (Å²) < 4.78 is 14.1. The van der Waals surface area contributed by atoms with Crippen LogP contribution >= 0.6 is 0 Å². The van der Waals surface area contributed by atoms with Crippen LogP contribution in [0.4, 0.5) is 4.39 Å². The lowest BCUT2D eigenvalue weighted by molar-refractivity contribution is 0.138. The monoisotopic (exact) mass is 591 g/mol. The summed E-state index contributed by atoms with van der Waals surface area (Å²) in [5.41, 5.74) is 15.5. The molecule has 0 radical (unpaired) electrons. The van der Waals surface area contributed by atoms with E-state index in [2.05, 4.69) is 142 Å². The lowest BCUT2D eigenvalue weighted by atomic mass is 9.73. The zero-order valence-electron chi connectivity index (χ0n) is 29.3. The highest BCUT2D eigenvalue weighted by Crippen LogP contribution is 2.41. The molecule has 2 heteroatoms. The summed E-state index contributed by atoms with van der Waals surface area (Å²) in [6.07, 6.45) is 2.16. The van der Waals surface area contributed by atoms with Gasteiger partial charge in [-0.05, 0) is 138 Å². The maximum absolute atomic E-state index is 14.1. The second kappa shape index (κ2) is 13.4. The number of alkyl halides is 1. The van der Waals surface area contributed by atoms with E-state index in [4.69, 9.17) is 0 Å². The number of hydrogen-bond acceptors (Lipinski definition) is 1. The van der Waals surface area contributed by atoms with Crippen molar-refractivity contribution in [3.63, 3.8) is 0 Å². The fraction of sp³-hybridized carbons (Fsp3) is 0.452. The average Bonchev–Trinajstić information content (AvgIpc) is 3.01. The first kappa shape index (κ1) is 33.6. The van der Waals surface area contributed by atoms with Crippen LogP contribution in [0.2, 0.25) is 0 Å². The van der Waals surface area contributed by atoms with Crippen molar-refractivity contribution in [3.05, 3.63) is 100 Å². The molecule has 4 rings (SSSR count). The van der Waals surface area contributed by atoms with Crippen molar-refractivity contribution < 1.29 is 4.39 Å². The number of benzene rings is 3. The minimum absolute atomic E-state index is 0.0657. The standard InChI is InChI=1S/C42H54FN/c1-25(26(2)27(3)28(4)33(9)43)23-39-29(5)31(7)41(32(8)30(39)6)38-16-14-13-15-37(38)34-17-19-35(20-18-34)40-24-36(21-22-44-40)42(10,11)12/h13-22,24-28,33H,23H2,1-12H3/t25?,26-,27+,28+,33-/m1/s1. The van der Waals surface area contributed by atoms with Gasteiger partial charge in [-0.15, -0.1) is 0 Å². The summed E-state index contributed by atoms with van der Waals surface area (Å²) in [4.78, 5) is 4.68. The Hall–Kier alpha value is -3.26. The SMILES string of the molecule is Cc1c(C)c(-c2ccccc2-c2ccc(-c3cc(C(C)(C)C)ccn3)cc2)c(C)c(C)c1CC(C)[C@@H](C)[C@H](C)[C@H](C)[C@@H](C)F. The molecular formula is C42H54FN. The number of halogens is 1. The average molecular weight is 592 g/mol. The van der Waals surface area contributed by atoms with Gasteiger partial charge in [-0.2, -0.15) is 0 Å². The van der Waals surface area contributed by atoms with Crippen molar-refractivity contribution in [1.29, 1.82) is 0 Å². The Labute approximate surface area is 267 Å². The van der Waals surface area contributed by atoms with Gasteiger partial charge in [0.05, 0.1) is 5.69 Å². The van der Waals surface area contributed by atoms with Crippen molar-refractivity contribution in [2.45, 2.75) is 101 Å². The zero-order valence-corrected chi connectivity index (χ0v) is 29.3. The van der Waals surface area contributed by atoms with Crippen LogP contribution in [-0.2, 0) is 11.8 Å². The smallest absolute Gasteiger partial charge is 0.100 e. The Morgan fingerprint density at radius 2 is 1.20 bits per heavy atom. The maximum Gasteiger partial charge on any atom is 0.100 e. The third-order valence-electron chi connectivity index (χ3n) is 10.9. The van der Waals surface area contributed by atoms with E-state index in [0.29, 0.717) is 17.8 Å². The van der Waals surface area contributed by atoms with Gasteiger partial charge < -0.3 is 0 Å². The lowest BCUT2D eigenvalue weighted by Gasteiger charge is -2.32. The van der Waals surface area contributed by atoms with Crippen LogP contribution < -0.4 is 0 Å². The van der Waals surface area contributed by atoms with Gasteiger partial charge in [-0.3, -0.25) is 4.98 Å². The van der Waals surface area contributed by atoms with Crippen molar-refractivity contribution >= 4 is 0 Å². The first-order chi connectivity index (χ1) is 20.6. The van der Waals surface area contributed by atoms with Gasteiger partial charge in [-0.25, -0.2) is 4.39 Å². The lowest BCUT2D eigenvalue weighted by Crippen LogP contribution is -2.28. The number of rotatable bonds is 9. The predicted octanol–water partition coefficient (Wildman–Crippen LogP) is 12.1. The van der Waals surface area contributed by atoms with E-state index in [1.54, 1.807) is 6.92 Å². The van der Waals surface area contributed by atoms with Gasteiger partial charge in [0.25, 0.3) is 0 Å². The summed E-state index contributed by atoms with van der Waals surface area (Å²) in [6.45, 7) is 26.5. The summed E-state index contributed by atoms with van der Waals surface area (Å²) in [5, 5.41) is 0. The van der Waals surface area contributed by atoms with E-state index in [0.717, 1.165) is 17.7 Å². The van der Waals surface area contributed by atoms with Gasteiger partial charge >= 0.3 is 0 Å². The van der Waals surface area contributed by atoms with E-state index in [-0.39, 0.29) is 11.3 Å². The molecule has 44 heavy (non-hydrogen) atoms. The molecule has 0 fully saturated rings. The van der Waals surface area contributed by atoms with E-state index in [1.165, 1.54) is 55.6 Å². The molecule has 1 aromatic heterocycles. The van der Waals surface area contributed by atoms with Crippen LogP contribution in [0, 0.1) is 51.4 Å². The fourth-order valence-corrected chi connectivity index (χ4v) is 6.85. The molecule has 1 unspecified atom stereocenters. The molecule has 0 aliphatic heterocycles. The molecule has 0 amide bonds. The summed E-state index contributed by atoms with van der Waals surface area (Å²) >= 11 is 0. The Balaban J connectivity index is 1.70. The molecule has 3 aromatic carbocycles. The van der Waals surface area contributed by atoms with Gasteiger partial charge in [0.1, 0.15) is 6.17 Å². The first-order valence-electron chi connectivity index (χ1n) is 16.5. The number of hydrogen-bond donors (Lipinski definition) is 0. The third kappa shape index (κ3) is 6.85. The largest absolute Gasteiger partial charge is 0.256 e. The molecule has 1 nitrogen and oxygen atoms in total.